The molecular formula is C20H16Cl3N2O+. The molecule has 1 amide bonds. The van der Waals surface area contributed by atoms with Gasteiger partial charge in [0.05, 0.1) is 15.7 Å². The molecule has 132 valence electrons. The van der Waals surface area contributed by atoms with Crippen LogP contribution in [0.15, 0.2) is 67.0 Å². The smallest absolute Gasteiger partial charge is 0.290 e. The molecule has 1 heterocycles. The number of hydrogen-bond acceptors (Lipinski definition) is 1. The number of hydrogen-bond donors (Lipinski definition) is 1. The van der Waals surface area contributed by atoms with Crippen LogP contribution in [0.4, 0.5) is 5.69 Å². The Morgan fingerprint density at radius 3 is 2.08 bits per heavy atom. The third kappa shape index (κ3) is 4.98. The van der Waals surface area contributed by atoms with Crippen LogP contribution in [-0.2, 0) is 17.8 Å². The van der Waals surface area contributed by atoms with Gasteiger partial charge in [-0.25, -0.2) is 0 Å². The number of anilines is 1. The number of nitrogens with zero attached hydrogens (tertiary/aromatic N) is 1. The Balaban J connectivity index is 1.63. The summed E-state index contributed by atoms with van der Waals surface area (Å²) in [6.45, 7) is 0.154. The number of pyridine rings is 1. The molecule has 3 aromatic rings. The third-order valence-electron chi connectivity index (χ3n) is 3.81. The van der Waals surface area contributed by atoms with E-state index in [1.807, 2.05) is 42.7 Å². The minimum atomic E-state index is -0.225. The molecule has 0 fully saturated rings. The Morgan fingerprint density at radius 1 is 0.885 bits per heavy atom. The van der Waals surface area contributed by atoms with E-state index in [9.17, 15) is 4.79 Å². The number of rotatable bonds is 5. The Kier molecular flexibility index (Phi) is 6.15. The zero-order chi connectivity index (χ0) is 18.5. The topological polar surface area (TPSA) is 33.0 Å². The Morgan fingerprint density at radius 2 is 1.46 bits per heavy atom. The van der Waals surface area contributed by atoms with Crippen LogP contribution in [0.2, 0.25) is 15.1 Å². The van der Waals surface area contributed by atoms with Gasteiger partial charge in [0.25, 0.3) is 5.91 Å². The van der Waals surface area contributed by atoms with Gasteiger partial charge in [-0.15, -0.1) is 0 Å². The molecule has 3 nitrogen and oxygen atoms in total. The predicted octanol–water partition coefficient (Wildman–Crippen LogP) is 5.16. The van der Waals surface area contributed by atoms with Gasteiger partial charge in [0.15, 0.2) is 12.4 Å². The lowest BCUT2D eigenvalue weighted by molar-refractivity contribution is -0.684. The third-order valence-corrected chi connectivity index (χ3v) is 4.62. The fraction of sp³-hybridized carbons (Fsp3) is 0.100. The van der Waals surface area contributed by atoms with Crippen molar-refractivity contribution in [1.29, 1.82) is 0 Å². The molecule has 1 N–H and O–H groups in total. The molecule has 0 radical (unpaired) electrons. The monoisotopic (exact) mass is 405 g/mol. The normalized spacial score (nSPS) is 10.6. The second kappa shape index (κ2) is 8.54. The quantitative estimate of drug-likeness (QED) is 0.583. The van der Waals surface area contributed by atoms with E-state index in [1.165, 1.54) is 23.3 Å². The number of benzene rings is 2. The van der Waals surface area contributed by atoms with Gasteiger partial charge in [0.2, 0.25) is 6.54 Å². The lowest BCUT2D eigenvalue weighted by Gasteiger charge is -2.08. The maximum absolute atomic E-state index is 12.3. The fourth-order valence-corrected chi connectivity index (χ4v) is 3.46. The second-order valence-corrected chi connectivity index (χ2v) is 7.08. The second-order valence-electron chi connectivity index (χ2n) is 5.83. The summed E-state index contributed by atoms with van der Waals surface area (Å²) in [4.78, 5) is 12.3. The highest BCUT2D eigenvalue weighted by atomic mass is 35.5. The van der Waals surface area contributed by atoms with Crippen molar-refractivity contribution in [2.24, 2.45) is 0 Å². The highest BCUT2D eigenvalue weighted by Gasteiger charge is 2.14. The molecule has 0 saturated carbocycles. The average Bonchev–Trinajstić information content (AvgIpc) is 2.61. The van der Waals surface area contributed by atoms with E-state index in [4.69, 9.17) is 34.8 Å². The number of halogens is 3. The molecule has 26 heavy (non-hydrogen) atoms. The van der Waals surface area contributed by atoms with E-state index in [0.717, 1.165) is 6.42 Å². The van der Waals surface area contributed by atoms with Crippen molar-refractivity contribution >= 4 is 46.4 Å². The molecule has 1 aromatic heterocycles. The summed E-state index contributed by atoms with van der Waals surface area (Å²) in [5.41, 5.74) is 2.79. The SMILES string of the molecule is O=C(C[n+]1ccc(Cc2ccccc2)cc1)Nc1c(Cl)cc(Cl)cc1Cl. The molecule has 2 aromatic carbocycles. The highest BCUT2D eigenvalue weighted by Crippen LogP contribution is 2.33. The van der Waals surface area contributed by atoms with Gasteiger partial charge in [-0.3, -0.25) is 4.79 Å². The lowest BCUT2D eigenvalue weighted by Crippen LogP contribution is -2.39. The summed E-state index contributed by atoms with van der Waals surface area (Å²) in [5.74, 6) is -0.225. The fourth-order valence-electron chi connectivity index (χ4n) is 2.55. The van der Waals surface area contributed by atoms with Gasteiger partial charge >= 0.3 is 0 Å². The van der Waals surface area contributed by atoms with E-state index in [0.29, 0.717) is 20.8 Å². The minimum Gasteiger partial charge on any atom is -0.318 e. The molecule has 0 atom stereocenters. The standard InChI is InChI=1S/C20H15Cl3N2O/c21-16-11-17(22)20(18(23)12-16)24-19(26)13-25-8-6-15(7-9-25)10-14-4-2-1-3-5-14/h1-9,11-12H,10,13H2/p+1. The summed E-state index contributed by atoms with van der Waals surface area (Å²) >= 11 is 18.1. The van der Waals surface area contributed by atoms with Crippen LogP contribution in [0.3, 0.4) is 0 Å². The number of aromatic nitrogens is 1. The summed E-state index contributed by atoms with van der Waals surface area (Å²) in [6.07, 6.45) is 4.61. The maximum atomic E-state index is 12.3. The molecule has 0 aliphatic carbocycles. The lowest BCUT2D eigenvalue weighted by atomic mass is 10.1. The first-order valence-corrected chi connectivity index (χ1v) is 9.11. The van der Waals surface area contributed by atoms with Crippen molar-refractivity contribution in [3.8, 4) is 0 Å². The molecule has 0 bridgehead atoms. The summed E-state index contributed by atoms with van der Waals surface area (Å²) < 4.78 is 1.79. The molecule has 0 spiro atoms. The van der Waals surface area contributed by atoms with Gasteiger partial charge < -0.3 is 5.32 Å². The first-order valence-electron chi connectivity index (χ1n) is 7.97. The van der Waals surface area contributed by atoms with E-state index in [-0.39, 0.29) is 12.5 Å². The van der Waals surface area contributed by atoms with Gasteiger partial charge in [-0.1, -0.05) is 65.1 Å². The van der Waals surface area contributed by atoms with Crippen LogP contribution in [0.5, 0.6) is 0 Å². The van der Waals surface area contributed by atoms with E-state index >= 15 is 0 Å². The van der Waals surface area contributed by atoms with Crippen LogP contribution < -0.4 is 9.88 Å². The molecule has 0 aliphatic heterocycles. The number of carbonyl (C=O) groups is 1. The Hall–Kier alpha value is -2.07. The highest BCUT2D eigenvalue weighted by molar-refractivity contribution is 6.42. The zero-order valence-corrected chi connectivity index (χ0v) is 16.0. The first-order chi connectivity index (χ1) is 12.5. The summed E-state index contributed by atoms with van der Waals surface area (Å²) in [5, 5.41) is 3.75. The van der Waals surface area contributed by atoms with Crippen LogP contribution in [0.25, 0.3) is 0 Å². The van der Waals surface area contributed by atoms with Crippen molar-refractivity contribution in [3.05, 3.63) is 93.2 Å². The van der Waals surface area contributed by atoms with E-state index in [2.05, 4.69) is 17.4 Å². The number of nitrogens with one attached hydrogen (secondary N) is 1. The molecule has 0 aliphatic rings. The van der Waals surface area contributed by atoms with Crippen molar-refractivity contribution in [3.63, 3.8) is 0 Å². The van der Waals surface area contributed by atoms with Gasteiger partial charge in [0, 0.05) is 17.2 Å². The van der Waals surface area contributed by atoms with Crippen LogP contribution >= 0.6 is 34.8 Å². The first kappa shape index (κ1) is 18.7. The zero-order valence-electron chi connectivity index (χ0n) is 13.8. The Labute approximate surface area is 167 Å². The van der Waals surface area contributed by atoms with Gasteiger partial charge in [0.1, 0.15) is 0 Å². The molecular weight excluding hydrogens is 391 g/mol. The van der Waals surface area contributed by atoms with Gasteiger partial charge in [-0.05, 0) is 29.7 Å². The van der Waals surface area contributed by atoms with Crippen molar-refractivity contribution < 1.29 is 9.36 Å². The number of carbonyl (C=O) groups excluding carboxylic acids is 1. The van der Waals surface area contributed by atoms with Crippen LogP contribution in [-0.4, -0.2) is 5.91 Å². The molecule has 3 rings (SSSR count). The Bertz CT molecular complexity index is 889. The van der Waals surface area contributed by atoms with Crippen LogP contribution in [0.1, 0.15) is 11.1 Å². The van der Waals surface area contributed by atoms with Crippen LogP contribution in [0, 0.1) is 0 Å². The van der Waals surface area contributed by atoms with Crippen molar-refractivity contribution in [2.45, 2.75) is 13.0 Å². The number of amides is 1. The van der Waals surface area contributed by atoms with Crippen molar-refractivity contribution in [1.82, 2.24) is 0 Å². The van der Waals surface area contributed by atoms with Gasteiger partial charge in [-0.2, -0.15) is 4.57 Å². The molecule has 0 saturated heterocycles. The minimum absolute atomic E-state index is 0.154. The molecule has 0 unspecified atom stereocenters. The maximum Gasteiger partial charge on any atom is 0.290 e. The summed E-state index contributed by atoms with van der Waals surface area (Å²) in [6, 6.07) is 17.3. The average molecular weight is 407 g/mol. The molecule has 6 heteroatoms. The van der Waals surface area contributed by atoms with E-state index in [1.54, 1.807) is 4.57 Å². The van der Waals surface area contributed by atoms with Crippen molar-refractivity contribution in [2.75, 3.05) is 5.32 Å². The predicted molar refractivity (Wildman–Crippen MR) is 106 cm³/mol. The van der Waals surface area contributed by atoms with E-state index < -0.39 is 0 Å². The largest absolute Gasteiger partial charge is 0.318 e. The summed E-state index contributed by atoms with van der Waals surface area (Å²) in [7, 11) is 0.